The maximum atomic E-state index is 11.1. The summed E-state index contributed by atoms with van der Waals surface area (Å²) in [5, 5.41) is 11.1. The Balaban J connectivity index is 3.41. The van der Waals surface area contributed by atoms with Crippen LogP contribution in [0.5, 0.6) is 0 Å². The number of benzene rings is 1. The van der Waals surface area contributed by atoms with E-state index in [-0.39, 0.29) is 0 Å². The molecule has 0 aliphatic heterocycles. The van der Waals surface area contributed by atoms with E-state index in [0.717, 1.165) is 24.0 Å². The van der Waals surface area contributed by atoms with Crippen molar-refractivity contribution in [2.45, 2.75) is 20.8 Å². The van der Waals surface area contributed by atoms with Crippen molar-refractivity contribution in [2.24, 2.45) is 0 Å². The van der Waals surface area contributed by atoms with Gasteiger partial charge in [0.05, 0.1) is 9.26 Å². The highest BCUT2D eigenvalue weighted by molar-refractivity contribution is 14.1. The molecule has 1 amide bonds. The van der Waals surface area contributed by atoms with Crippen LogP contribution in [0.1, 0.15) is 16.7 Å². The summed E-state index contributed by atoms with van der Waals surface area (Å²) >= 11 is 4.44. The number of nitrogens with one attached hydrogen (secondary N) is 1. The van der Waals surface area contributed by atoms with Crippen LogP contribution < -0.4 is 5.32 Å². The number of halogens is 2. The van der Waals surface area contributed by atoms with Gasteiger partial charge in [-0.15, -0.1) is 0 Å². The first-order valence-corrected chi connectivity index (χ1v) is 6.71. The molecule has 0 spiro atoms. The molecule has 1 rings (SSSR count). The molecule has 0 saturated heterocycles. The van der Waals surface area contributed by atoms with Gasteiger partial charge in [0.25, 0.3) is 0 Å². The summed E-state index contributed by atoms with van der Waals surface area (Å²) in [5.74, 6) is -0.625. The lowest BCUT2D eigenvalue weighted by atomic mass is 10.0. The minimum atomic E-state index is -0.625. The SMILES string of the molecule is Cc1c(C)c(I)c(I)c(NC(=O)C#N)c1C. The predicted octanol–water partition coefficient (Wildman–Crippen LogP) is 3.28. The van der Waals surface area contributed by atoms with Gasteiger partial charge in [0, 0.05) is 3.57 Å². The van der Waals surface area contributed by atoms with Gasteiger partial charge >= 0.3 is 5.91 Å². The first-order chi connectivity index (χ1) is 7.40. The van der Waals surface area contributed by atoms with Crippen molar-refractivity contribution >= 4 is 56.8 Å². The van der Waals surface area contributed by atoms with Crippen molar-refractivity contribution in [2.75, 3.05) is 5.32 Å². The van der Waals surface area contributed by atoms with E-state index in [4.69, 9.17) is 5.26 Å². The minimum absolute atomic E-state index is 0.625. The molecule has 0 unspecified atom stereocenters. The number of hydrogen-bond acceptors (Lipinski definition) is 2. The number of rotatable bonds is 1. The van der Waals surface area contributed by atoms with Crippen LogP contribution in [0.4, 0.5) is 5.69 Å². The average Bonchev–Trinajstić information content (AvgIpc) is 2.29. The first kappa shape index (κ1) is 13.7. The highest BCUT2D eigenvalue weighted by Crippen LogP contribution is 2.33. The molecule has 1 aromatic rings. The van der Waals surface area contributed by atoms with Crippen molar-refractivity contribution < 1.29 is 4.79 Å². The van der Waals surface area contributed by atoms with E-state index >= 15 is 0 Å². The van der Waals surface area contributed by atoms with E-state index in [1.807, 2.05) is 13.8 Å². The fourth-order valence-corrected chi connectivity index (χ4v) is 2.98. The number of nitriles is 1. The number of anilines is 1. The zero-order valence-corrected chi connectivity index (χ0v) is 13.4. The van der Waals surface area contributed by atoms with Gasteiger partial charge in [0.1, 0.15) is 0 Å². The molecule has 0 atom stereocenters. The van der Waals surface area contributed by atoms with Crippen LogP contribution in [-0.2, 0) is 4.79 Å². The summed E-state index contributed by atoms with van der Waals surface area (Å²) in [4.78, 5) is 11.1. The highest BCUT2D eigenvalue weighted by atomic mass is 127. The summed E-state index contributed by atoms with van der Waals surface area (Å²) in [5.41, 5.74) is 4.14. The fraction of sp³-hybridized carbons (Fsp3) is 0.273. The van der Waals surface area contributed by atoms with Crippen LogP contribution in [0.3, 0.4) is 0 Å². The molecule has 0 aliphatic carbocycles. The van der Waals surface area contributed by atoms with Crippen molar-refractivity contribution in [1.82, 2.24) is 0 Å². The van der Waals surface area contributed by atoms with E-state index in [1.165, 1.54) is 5.56 Å². The first-order valence-electron chi connectivity index (χ1n) is 4.56. The van der Waals surface area contributed by atoms with Crippen molar-refractivity contribution in [3.63, 3.8) is 0 Å². The smallest absolute Gasteiger partial charge is 0.312 e. The Morgan fingerprint density at radius 2 is 1.69 bits per heavy atom. The minimum Gasteiger partial charge on any atom is -0.312 e. The molecule has 3 nitrogen and oxygen atoms in total. The van der Waals surface area contributed by atoms with Crippen molar-refractivity contribution in [1.29, 1.82) is 5.26 Å². The van der Waals surface area contributed by atoms with Crippen LogP contribution in [0.25, 0.3) is 0 Å². The summed E-state index contributed by atoms with van der Waals surface area (Å²) in [6.07, 6.45) is 0. The molecule has 0 saturated carbocycles. The third kappa shape index (κ3) is 2.48. The van der Waals surface area contributed by atoms with Gasteiger partial charge < -0.3 is 5.32 Å². The third-order valence-corrected chi connectivity index (χ3v) is 6.04. The van der Waals surface area contributed by atoms with Crippen molar-refractivity contribution in [3.05, 3.63) is 23.8 Å². The van der Waals surface area contributed by atoms with Gasteiger partial charge in [-0.2, -0.15) is 5.26 Å². The maximum Gasteiger partial charge on any atom is 0.326 e. The quantitative estimate of drug-likeness (QED) is 0.539. The Morgan fingerprint density at radius 1 is 1.12 bits per heavy atom. The second-order valence-electron chi connectivity index (χ2n) is 3.44. The molecule has 1 N–H and O–H groups in total. The molecule has 0 aromatic heterocycles. The van der Waals surface area contributed by atoms with E-state index in [2.05, 4.69) is 57.4 Å². The number of hydrogen-bond donors (Lipinski definition) is 1. The van der Waals surface area contributed by atoms with Gasteiger partial charge in [-0.3, -0.25) is 4.79 Å². The lowest BCUT2D eigenvalue weighted by molar-refractivity contribution is -0.111. The van der Waals surface area contributed by atoms with Gasteiger partial charge in [-0.25, -0.2) is 0 Å². The normalized spacial score (nSPS) is 9.75. The van der Waals surface area contributed by atoms with Crippen LogP contribution in [0.15, 0.2) is 0 Å². The summed E-state index contributed by atoms with van der Waals surface area (Å²) in [6, 6.07) is 1.57. The molecule has 5 heteroatoms. The van der Waals surface area contributed by atoms with E-state index in [9.17, 15) is 4.79 Å². The second kappa shape index (κ2) is 5.31. The Bertz CT molecular complexity index is 475. The molecule has 16 heavy (non-hydrogen) atoms. The zero-order chi connectivity index (χ0) is 12.5. The number of carbonyl (C=O) groups is 1. The van der Waals surface area contributed by atoms with Gasteiger partial charge in [0.2, 0.25) is 0 Å². The largest absolute Gasteiger partial charge is 0.326 e. The van der Waals surface area contributed by atoms with Crippen LogP contribution in [0.2, 0.25) is 0 Å². The van der Waals surface area contributed by atoms with E-state index in [1.54, 1.807) is 6.07 Å². The van der Waals surface area contributed by atoms with Gasteiger partial charge in [0.15, 0.2) is 6.07 Å². The Morgan fingerprint density at radius 3 is 2.19 bits per heavy atom. The maximum absolute atomic E-state index is 11.1. The predicted molar refractivity (Wildman–Crippen MR) is 80.3 cm³/mol. The molecule has 84 valence electrons. The standard InChI is InChI=1S/C11H10I2N2O/c1-5-6(2)9(12)10(13)11(7(5)3)15-8(16)4-14/h1-3H3,(H,15,16). The Kier molecular flexibility index (Phi) is 4.55. The molecule has 0 heterocycles. The molecule has 1 aromatic carbocycles. The molecule has 0 fully saturated rings. The lowest BCUT2D eigenvalue weighted by Crippen LogP contribution is -2.12. The molecular formula is C11H10I2N2O. The monoisotopic (exact) mass is 440 g/mol. The fourth-order valence-electron chi connectivity index (χ4n) is 1.36. The van der Waals surface area contributed by atoms with Crippen LogP contribution in [0, 0.1) is 39.2 Å². The zero-order valence-electron chi connectivity index (χ0n) is 9.11. The van der Waals surface area contributed by atoms with E-state index in [0.29, 0.717) is 0 Å². The van der Waals surface area contributed by atoms with Crippen LogP contribution >= 0.6 is 45.2 Å². The van der Waals surface area contributed by atoms with Crippen LogP contribution in [-0.4, -0.2) is 5.91 Å². The van der Waals surface area contributed by atoms with E-state index < -0.39 is 5.91 Å². The average molecular weight is 440 g/mol. The van der Waals surface area contributed by atoms with Gasteiger partial charge in [-0.1, -0.05) is 0 Å². The third-order valence-electron chi connectivity index (χ3n) is 2.58. The molecular weight excluding hydrogens is 430 g/mol. The number of amides is 1. The summed E-state index contributed by atoms with van der Waals surface area (Å²) in [6.45, 7) is 6.03. The van der Waals surface area contributed by atoms with Crippen molar-refractivity contribution in [3.8, 4) is 6.07 Å². The molecule has 0 radical (unpaired) electrons. The summed E-state index contributed by atoms with van der Waals surface area (Å²) in [7, 11) is 0. The lowest BCUT2D eigenvalue weighted by Gasteiger charge is -2.16. The number of nitrogens with zero attached hydrogens (tertiary/aromatic N) is 1. The summed E-state index contributed by atoms with van der Waals surface area (Å²) < 4.78 is 2.11. The Labute approximate surface area is 122 Å². The Hall–Kier alpha value is -0.360. The molecule has 0 bridgehead atoms. The van der Waals surface area contributed by atoms with Gasteiger partial charge in [-0.05, 0) is 82.6 Å². The molecule has 0 aliphatic rings. The highest BCUT2D eigenvalue weighted by Gasteiger charge is 2.15. The second-order valence-corrected chi connectivity index (χ2v) is 5.60. The topological polar surface area (TPSA) is 52.9 Å². The number of carbonyl (C=O) groups excluding carboxylic acids is 1.